The van der Waals surface area contributed by atoms with E-state index in [9.17, 15) is 14.0 Å². The highest BCUT2D eigenvalue weighted by Crippen LogP contribution is 2.38. The number of benzene rings is 3. The molecule has 4 rings (SSSR count). The summed E-state index contributed by atoms with van der Waals surface area (Å²) >= 11 is 6.22. The Morgan fingerprint density at radius 1 is 1.10 bits per heavy atom. The Bertz CT molecular complexity index is 1150. The van der Waals surface area contributed by atoms with Crippen molar-refractivity contribution in [1.29, 1.82) is 0 Å². The van der Waals surface area contributed by atoms with E-state index in [0.29, 0.717) is 28.0 Å². The molecule has 0 radical (unpaired) electrons. The molecule has 0 bridgehead atoms. The molecule has 1 aliphatic heterocycles. The molecule has 0 fully saturated rings. The number of ketones is 1. The standard InChI is InChI=1S/C24H16ClFO4/c1-14-11-18(29-24(28)22(25)16-5-3-2-4-6-16)13-19-21(14)23(27)20(30-19)12-15-7-9-17(26)10-8-15/h2-13,22H,1H3/b20-12-. The lowest BCUT2D eigenvalue weighted by Crippen LogP contribution is -2.14. The first-order valence-electron chi connectivity index (χ1n) is 9.17. The van der Waals surface area contributed by atoms with Gasteiger partial charge < -0.3 is 9.47 Å². The van der Waals surface area contributed by atoms with Crippen LogP contribution in [0.4, 0.5) is 4.39 Å². The number of Topliss-reactive ketones (excluding diaryl/α,β-unsaturated/α-hetero) is 1. The summed E-state index contributed by atoms with van der Waals surface area (Å²) in [5, 5.41) is -0.962. The molecule has 0 saturated carbocycles. The zero-order valence-electron chi connectivity index (χ0n) is 15.9. The number of allylic oxidation sites excluding steroid dienone is 1. The molecule has 150 valence electrons. The molecule has 1 atom stereocenters. The summed E-state index contributed by atoms with van der Waals surface area (Å²) in [4.78, 5) is 25.1. The van der Waals surface area contributed by atoms with Crippen molar-refractivity contribution >= 4 is 29.4 Å². The van der Waals surface area contributed by atoms with E-state index in [0.717, 1.165) is 0 Å². The molecule has 0 amide bonds. The fourth-order valence-corrected chi connectivity index (χ4v) is 3.36. The summed E-state index contributed by atoms with van der Waals surface area (Å²) in [5.74, 6) is -0.648. The molecule has 1 unspecified atom stereocenters. The van der Waals surface area contributed by atoms with Crippen LogP contribution in [-0.4, -0.2) is 11.8 Å². The first-order chi connectivity index (χ1) is 14.4. The predicted molar refractivity (Wildman–Crippen MR) is 111 cm³/mol. The minimum Gasteiger partial charge on any atom is -0.452 e. The summed E-state index contributed by atoms with van der Waals surface area (Å²) in [5.41, 5.74) is 2.25. The largest absolute Gasteiger partial charge is 0.452 e. The topological polar surface area (TPSA) is 52.6 Å². The second kappa shape index (κ2) is 8.13. The molecule has 1 heterocycles. The zero-order valence-corrected chi connectivity index (χ0v) is 16.7. The van der Waals surface area contributed by atoms with Crippen LogP contribution in [0.5, 0.6) is 11.5 Å². The van der Waals surface area contributed by atoms with E-state index >= 15 is 0 Å². The first kappa shape index (κ1) is 19.9. The summed E-state index contributed by atoms with van der Waals surface area (Å²) in [6.07, 6.45) is 1.54. The second-order valence-electron chi connectivity index (χ2n) is 6.80. The van der Waals surface area contributed by atoms with E-state index in [4.69, 9.17) is 21.1 Å². The highest BCUT2D eigenvalue weighted by molar-refractivity contribution is 6.30. The Kier molecular flexibility index (Phi) is 5.38. The normalized spacial score (nSPS) is 14.9. The molecule has 0 aromatic heterocycles. The number of carbonyl (C=O) groups excluding carboxylic acids is 2. The summed E-state index contributed by atoms with van der Waals surface area (Å²) < 4.78 is 24.2. The summed E-state index contributed by atoms with van der Waals surface area (Å²) in [6.45, 7) is 1.73. The molecule has 6 heteroatoms. The third kappa shape index (κ3) is 3.98. The van der Waals surface area contributed by atoms with Gasteiger partial charge in [0.15, 0.2) is 11.1 Å². The maximum Gasteiger partial charge on any atom is 0.334 e. The van der Waals surface area contributed by atoms with Crippen molar-refractivity contribution in [1.82, 2.24) is 0 Å². The quantitative estimate of drug-likeness (QED) is 0.236. The number of esters is 1. The molecular weight excluding hydrogens is 407 g/mol. The molecule has 3 aromatic rings. The Labute approximate surface area is 177 Å². The lowest BCUT2D eigenvalue weighted by molar-refractivity contribution is -0.134. The SMILES string of the molecule is Cc1cc(OC(=O)C(Cl)c2ccccc2)cc2c1C(=O)/C(=C/c1ccc(F)cc1)O2. The number of aryl methyl sites for hydroxylation is 1. The van der Waals surface area contributed by atoms with Gasteiger partial charge in [-0.15, -0.1) is 11.6 Å². The number of halogens is 2. The number of alkyl halides is 1. The van der Waals surface area contributed by atoms with E-state index in [1.54, 1.807) is 49.4 Å². The molecule has 4 nitrogen and oxygen atoms in total. The van der Waals surface area contributed by atoms with Crippen LogP contribution in [0.15, 0.2) is 72.5 Å². The van der Waals surface area contributed by atoms with Crippen LogP contribution < -0.4 is 9.47 Å². The first-order valence-corrected chi connectivity index (χ1v) is 9.61. The number of rotatable bonds is 4. The zero-order chi connectivity index (χ0) is 21.3. The van der Waals surface area contributed by atoms with Crippen LogP contribution in [0.25, 0.3) is 6.08 Å². The number of fused-ring (bicyclic) bond motifs is 1. The van der Waals surface area contributed by atoms with E-state index < -0.39 is 11.3 Å². The number of carbonyl (C=O) groups is 2. The van der Waals surface area contributed by atoms with Gasteiger partial charge in [-0.05, 0) is 47.9 Å². The Balaban J connectivity index is 1.57. The van der Waals surface area contributed by atoms with Gasteiger partial charge in [-0.25, -0.2) is 9.18 Å². The van der Waals surface area contributed by atoms with Gasteiger partial charge >= 0.3 is 5.97 Å². The smallest absolute Gasteiger partial charge is 0.334 e. The van der Waals surface area contributed by atoms with Gasteiger partial charge in [0, 0.05) is 6.07 Å². The van der Waals surface area contributed by atoms with Gasteiger partial charge in [0.1, 0.15) is 17.3 Å². The summed E-state index contributed by atoms with van der Waals surface area (Å²) in [6, 6.07) is 17.6. The van der Waals surface area contributed by atoms with Gasteiger partial charge in [-0.3, -0.25) is 4.79 Å². The van der Waals surface area contributed by atoms with Gasteiger partial charge in [0.2, 0.25) is 5.78 Å². The van der Waals surface area contributed by atoms with Gasteiger partial charge in [-0.2, -0.15) is 0 Å². The Hall–Kier alpha value is -3.44. The molecule has 0 N–H and O–H groups in total. The molecule has 0 saturated heterocycles. The molecule has 1 aliphatic rings. The minimum absolute atomic E-state index is 0.114. The summed E-state index contributed by atoms with van der Waals surface area (Å²) in [7, 11) is 0. The molecule has 0 aliphatic carbocycles. The van der Waals surface area contributed by atoms with Gasteiger partial charge in [0.05, 0.1) is 5.56 Å². The van der Waals surface area contributed by atoms with Crippen molar-refractivity contribution in [3.05, 3.63) is 101 Å². The van der Waals surface area contributed by atoms with Crippen LogP contribution in [0.2, 0.25) is 0 Å². The average Bonchev–Trinajstić information content (AvgIpc) is 3.05. The van der Waals surface area contributed by atoms with E-state index in [1.165, 1.54) is 24.3 Å². The molecule has 30 heavy (non-hydrogen) atoms. The number of hydrogen-bond donors (Lipinski definition) is 0. The molecule has 0 spiro atoms. The van der Waals surface area contributed by atoms with Crippen molar-refractivity contribution in [2.24, 2.45) is 0 Å². The minimum atomic E-state index is -0.962. The third-order valence-corrected chi connectivity index (χ3v) is 5.06. The van der Waals surface area contributed by atoms with Gasteiger partial charge in [0.25, 0.3) is 0 Å². The highest BCUT2D eigenvalue weighted by Gasteiger charge is 2.30. The number of hydrogen-bond acceptors (Lipinski definition) is 4. The fraction of sp³-hybridized carbons (Fsp3) is 0.0833. The van der Waals surface area contributed by atoms with Crippen LogP contribution in [0.3, 0.4) is 0 Å². The lowest BCUT2D eigenvalue weighted by atomic mass is 10.0. The van der Waals surface area contributed by atoms with Crippen molar-refractivity contribution in [2.75, 3.05) is 0 Å². The molecular formula is C24H16ClFO4. The van der Waals surface area contributed by atoms with E-state index in [-0.39, 0.29) is 23.1 Å². The van der Waals surface area contributed by atoms with Crippen LogP contribution in [0, 0.1) is 12.7 Å². The second-order valence-corrected chi connectivity index (χ2v) is 7.24. The van der Waals surface area contributed by atoms with Crippen LogP contribution in [-0.2, 0) is 4.79 Å². The van der Waals surface area contributed by atoms with E-state index in [1.807, 2.05) is 6.07 Å². The van der Waals surface area contributed by atoms with Crippen molar-refractivity contribution in [2.45, 2.75) is 12.3 Å². The molecule has 3 aromatic carbocycles. The van der Waals surface area contributed by atoms with Crippen molar-refractivity contribution in [3.8, 4) is 11.5 Å². The predicted octanol–water partition coefficient (Wildman–Crippen LogP) is 5.64. The van der Waals surface area contributed by atoms with Crippen LogP contribution in [0.1, 0.15) is 32.4 Å². The van der Waals surface area contributed by atoms with Crippen molar-refractivity contribution < 1.29 is 23.5 Å². The Morgan fingerprint density at radius 3 is 2.50 bits per heavy atom. The average molecular weight is 423 g/mol. The fourth-order valence-electron chi connectivity index (χ4n) is 3.17. The van der Waals surface area contributed by atoms with Crippen molar-refractivity contribution in [3.63, 3.8) is 0 Å². The monoisotopic (exact) mass is 422 g/mol. The highest BCUT2D eigenvalue weighted by atomic mass is 35.5. The third-order valence-electron chi connectivity index (χ3n) is 4.63. The van der Waals surface area contributed by atoms with E-state index in [2.05, 4.69) is 0 Å². The number of ether oxygens (including phenoxy) is 2. The lowest BCUT2D eigenvalue weighted by Gasteiger charge is -2.11. The van der Waals surface area contributed by atoms with Crippen LogP contribution >= 0.6 is 11.6 Å². The van der Waals surface area contributed by atoms with Gasteiger partial charge in [-0.1, -0.05) is 42.5 Å². The maximum atomic E-state index is 13.1. The maximum absolute atomic E-state index is 13.1. The Morgan fingerprint density at radius 2 is 1.80 bits per heavy atom.